The quantitative estimate of drug-likeness (QED) is 0.666. The van der Waals surface area contributed by atoms with Gasteiger partial charge in [-0.15, -0.1) is 0 Å². The maximum Gasteiger partial charge on any atom is 0.123 e. The number of carbonyl (C=O) groups excluding carboxylic acids is 1. The summed E-state index contributed by atoms with van der Waals surface area (Å²) in [4.78, 5) is 10.8. The third-order valence-corrected chi connectivity index (χ3v) is 3.43. The number of aliphatic hydroxyl groups is 1. The van der Waals surface area contributed by atoms with Crippen molar-refractivity contribution in [1.29, 1.82) is 0 Å². The highest BCUT2D eigenvalue weighted by molar-refractivity contribution is 5.54. The standard InChI is InChI=1S/C11H20O2/c1-8-4-5-10(11(2,3)13)6-9(8)7-12/h7-10,13H,4-6H2,1-3H3. The summed E-state index contributed by atoms with van der Waals surface area (Å²) in [6.45, 7) is 5.81. The minimum absolute atomic E-state index is 0.158. The van der Waals surface area contributed by atoms with Gasteiger partial charge in [-0.1, -0.05) is 6.92 Å². The van der Waals surface area contributed by atoms with Crippen LogP contribution in [-0.4, -0.2) is 17.0 Å². The molecule has 13 heavy (non-hydrogen) atoms. The Kier molecular flexibility index (Phi) is 3.12. The summed E-state index contributed by atoms with van der Waals surface area (Å²) in [5.41, 5.74) is -0.624. The minimum atomic E-state index is -0.624. The van der Waals surface area contributed by atoms with Gasteiger partial charge < -0.3 is 9.90 Å². The highest BCUT2D eigenvalue weighted by Gasteiger charge is 2.35. The second-order valence-corrected chi connectivity index (χ2v) is 4.94. The van der Waals surface area contributed by atoms with Crippen LogP contribution in [0.1, 0.15) is 40.0 Å². The van der Waals surface area contributed by atoms with Crippen LogP contribution >= 0.6 is 0 Å². The molecule has 3 unspecified atom stereocenters. The van der Waals surface area contributed by atoms with Crippen molar-refractivity contribution in [3.05, 3.63) is 0 Å². The summed E-state index contributed by atoms with van der Waals surface area (Å²) < 4.78 is 0. The topological polar surface area (TPSA) is 37.3 Å². The fourth-order valence-corrected chi connectivity index (χ4v) is 2.19. The Morgan fingerprint density at radius 1 is 1.38 bits per heavy atom. The van der Waals surface area contributed by atoms with Gasteiger partial charge in [-0.3, -0.25) is 0 Å². The van der Waals surface area contributed by atoms with Crippen LogP contribution < -0.4 is 0 Å². The predicted molar refractivity (Wildman–Crippen MR) is 52.4 cm³/mol. The maximum absolute atomic E-state index is 10.8. The van der Waals surface area contributed by atoms with Gasteiger partial charge in [0.2, 0.25) is 0 Å². The first kappa shape index (κ1) is 10.7. The van der Waals surface area contributed by atoms with E-state index in [-0.39, 0.29) is 5.92 Å². The van der Waals surface area contributed by atoms with Gasteiger partial charge in [-0.2, -0.15) is 0 Å². The van der Waals surface area contributed by atoms with Gasteiger partial charge in [0.25, 0.3) is 0 Å². The summed E-state index contributed by atoms with van der Waals surface area (Å²) in [6, 6.07) is 0. The van der Waals surface area contributed by atoms with E-state index in [9.17, 15) is 9.90 Å². The maximum atomic E-state index is 10.8. The molecule has 0 amide bonds. The van der Waals surface area contributed by atoms with Crippen molar-refractivity contribution < 1.29 is 9.90 Å². The van der Waals surface area contributed by atoms with E-state index in [4.69, 9.17) is 0 Å². The fourth-order valence-electron chi connectivity index (χ4n) is 2.19. The van der Waals surface area contributed by atoms with Crippen molar-refractivity contribution in [3.63, 3.8) is 0 Å². The van der Waals surface area contributed by atoms with E-state index in [1.807, 2.05) is 13.8 Å². The van der Waals surface area contributed by atoms with Crippen molar-refractivity contribution in [2.24, 2.45) is 17.8 Å². The van der Waals surface area contributed by atoms with E-state index in [0.717, 1.165) is 25.5 Å². The Morgan fingerprint density at radius 3 is 2.46 bits per heavy atom. The van der Waals surface area contributed by atoms with Crippen molar-refractivity contribution >= 4 is 6.29 Å². The first-order valence-corrected chi connectivity index (χ1v) is 5.12. The zero-order chi connectivity index (χ0) is 10.1. The number of rotatable bonds is 2. The molecule has 0 aromatic heterocycles. The van der Waals surface area contributed by atoms with Crippen LogP contribution in [0.3, 0.4) is 0 Å². The molecule has 2 nitrogen and oxygen atoms in total. The van der Waals surface area contributed by atoms with Crippen LogP contribution in [0.2, 0.25) is 0 Å². The van der Waals surface area contributed by atoms with E-state index in [0.29, 0.717) is 11.8 Å². The van der Waals surface area contributed by atoms with Crippen LogP contribution in [0.5, 0.6) is 0 Å². The molecule has 1 fully saturated rings. The molecular weight excluding hydrogens is 164 g/mol. The first-order valence-electron chi connectivity index (χ1n) is 5.12. The fraction of sp³-hybridized carbons (Fsp3) is 0.909. The summed E-state index contributed by atoms with van der Waals surface area (Å²) in [7, 11) is 0. The Balaban J connectivity index is 2.60. The van der Waals surface area contributed by atoms with E-state index in [2.05, 4.69) is 6.92 Å². The van der Waals surface area contributed by atoms with E-state index >= 15 is 0 Å². The average molecular weight is 184 g/mol. The molecule has 1 N–H and O–H groups in total. The van der Waals surface area contributed by atoms with Crippen LogP contribution in [0.25, 0.3) is 0 Å². The molecular formula is C11H20O2. The summed E-state index contributed by atoms with van der Waals surface area (Å²) in [6.07, 6.45) is 4.03. The molecule has 0 aromatic carbocycles. The van der Waals surface area contributed by atoms with Crippen LogP contribution in [0.15, 0.2) is 0 Å². The lowest BCUT2D eigenvalue weighted by Gasteiger charge is -2.37. The van der Waals surface area contributed by atoms with E-state index < -0.39 is 5.60 Å². The smallest absolute Gasteiger partial charge is 0.123 e. The molecule has 1 aliphatic rings. The highest BCUT2D eigenvalue weighted by Crippen LogP contribution is 2.37. The van der Waals surface area contributed by atoms with E-state index in [1.165, 1.54) is 0 Å². The second-order valence-electron chi connectivity index (χ2n) is 4.94. The predicted octanol–water partition coefficient (Wildman–Crippen LogP) is 2.01. The third-order valence-electron chi connectivity index (χ3n) is 3.43. The molecule has 0 aliphatic heterocycles. The molecule has 1 saturated carbocycles. The van der Waals surface area contributed by atoms with Gasteiger partial charge in [0.15, 0.2) is 0 Å². The molecule has 1 rings (SSSR count). The van der Waals surface area contributed by atoms with Gasteiger partial charge >= 0.3 is 0 Å². The Hall–Kier alpha value is -0.370. The molecule has 1 aliphatic carbocycles. The molecule has 0 spiro atoms. The number of aldehydes is 1. The van der Waals surface area contributed by atoms with Gasteiger partial charge in [0, 0.05) is 5.92 Å². The summed E-state index contributed by atoms with van der Waals surface area (Å²) in [5.74, 6) is 0.945. The Labute approximate surface area is 80.3 Å². The van der Waals surface area contributed by atoms with Crippen LogP contribution in [0, 0.1) is 17.8 Å². The lowest BCUT2D eigenvalue weighted by Crippen LogP contribution is -2.37. The van der Waals surface area contributed by atoms with Crippen molar-refractivity contribution in [2.45, 2.75) is 45.6 Å². The zero-order valence-corrected chi connectivity index (χ0v) is 8.79. The van der Waals surface area contributed by atoms with Crippen molar-refractivity contribution in [3.8, 4) is 0 Å². The molecule has 0 saturated heterocycles. The molecule has 2 heteroatoms. The van der Waals surface area contributed by atoms with Gasteiger partial charge in [-0.05, 0) is 44.9 Å². The monoisotopic (exact) mass is 184 g/mol. The van der Waals surface area contributed by atoms with Crippen molar-refractivity contribution in [2.75, 3.05) is 0 Å². The second kappa shape index (κ2) is 3.79. The Bertz CT molecular complexity index is 181. The normalized spacial score (nSPS) is 35.8. The van der Waals surface area contributed by atoms with E-state index in [1.54, 1.807) is 0 Å². The molecule has 0 heterocycles. The van der Waals surface area contributed by atoms with Gasteiger partial charge in [0.05, 0.1) is 5.60 Å². The van der Waals surface area contributed by atoms with Gasteiger partial charge in [-0.25, -0.2) is 0 Å². The van der Waals surface area contributed by atoms with Gasteiger partial charge in [0.1, 0.15) is 6.29 Å². The summed E-state index contributed by atoms with van der Waals surface area (Å²) in [5, 5.41) is 9.83. The lowest BCUT2D eigenvalue weighted by molar-refractivity contribution is -0.115. The van der Waals surface area contributed by atoms with Crippen LogP contribution in [0.4, 0.5) is 0 Å². The lowest BCUT2D eigenvalue weighted by atomic mass is 9.70. The minimum Gasteiger partial charge on any atom is -0.390 e. The third kappa shape index (κ3) is 2.53. The Morgan fingerprint density at radius 2 is 2.00 bits per heavy atom. The zero-order valence-electron chi connectivity index (χ0n) is 8.79. The SMILES string of the molecule is CC1CCC(C(C)(C)O)CC1C=O. The molecule has 3 atom stereocenters. The largest absolute Gasteiger partial charge is 0.390 e. The first-order chi connectivity index (χ1) is 5.95. The molecule has 0 aromatic rings. The molecule has 0 bridgehead atoms. The van der Waals surface area contributed by atoms with Crippen molar-refractivity contribution in [1.82, 2.24) is 0 Å². The highest BCUT2D eigenvalue weighted by atomic mass is 16.3. The van der Waals surface area contributed by atoms with Crippen LogP contribution in [-0.2, 0) is 4.79 Å². The average Bonchev–Trinajstić information content (AvgIpc) is 2.03. The summed E-state index contributed by atoms with van der Waals surface area (Å²) >= 11 is 0. The number of carbonyl (C=O) groups is 1. The number of hydrogen-bond acceptors (Lipinski definition) is 2. The molecule has 0 radical (unpaired) electrons. The number of hydrogen-bond donors (Lipinski definition) is 1. The molecule has 76 valence electrons.